The van der Waals surface area contributed by atoms with Crippen LogP contribution in [0.2, 0.25) is 0 Å². The van der Waals surface area contributed by atoms with Gasteiger partial charge in [0.05, 0.1) is 5.82 Å². The zero-order chi connectivity index (χ0) is 33.4. The molecule has 245 valence electrons. The van der Waals surface area contributed by atoms with Crippen molar-refractivity contribution >= 4 is 0 Å². The second-order valence-electron chi connectivity index (χ2n) is 14.9. The van der Waals surface area contributed by atoms with E-state index in [0.717, 1.165) is 28.3 Å². The van der Waals surface area contributed by atoms with E-state index in [9.17, 15) is 0 Å². The Labute approximate surface area is 300 Å². The van der Waals surface area contributed by atoms with Crippen LogP contribution < -0.4 is 0 Å². The smallest absolute Gasteiger partial charge is 0.0754 e. The number of hydrogen-bond acceptors (Lipinski definition) is 3. The fourth-order valence-electron chi connectivity index (χ4n) is 6.31. The van der Waals surface area contributed by atoms with Gasteiger partial charge in [0.25, 0.3) is 0 Å². The molecule has 4 aromatic carbocycles. The molecule has 0 unspecified atom stereocenters. The Morgan fingerprint density at radius 2 is 1.31 bits per heavy atom. The Morgan fingerprint density at radius 1 is 0.625 bits per heavy atom. The van der Waals surface area contributed by atoms with Gasteiger partial charge in [-0.2, -0.15) is 0 Å². The Morgan fingerprint density at radius 3 is 2.04 bits per heavy atom. The summed E-state index contributed by atoms with van der Waals surface area (Å²) in [6, 6.07) is 42.5. The molecule has 1 aliphatic carbocycles. The molecular weight excluding hydrogens is 763 g/mol. The van der Waals surface area contributed by atoms with Gasteiger partial charge in [-0.3, -0.25) is 9.97 Å². The molecule has 0 atom stereocenters. The molecule has 2 heterocycles. The van der Waals surface area contributed by atoms with E-state index in [-0.39, 0.29) is 36.4 Å². The first-order valence-electron chi connectivity index (χ1n) is 16.4. The fourth-order valence-corrected chi connectivity index (χ4v) is 6.31. The molecule has 2 aromatic heterocycles. The summed E-state index contributed by atoms with van der Waals surface area (Å²) in [4.78, 5) is 14.0. The minimum atomic E-state index is -0.0832. The normalized spacial score (nSPS) is 13.0. The van der Waals surface area contributed by atoms with E-state index in [4.69, 9.17) is 4.98 Å². The number of hydrogen-bond donors (Lipinski definition) is 0. The molecule has 0 amide bonds. The van der Waals surface area contributed by atoms with Crippen molar-refractivity contribution in [3.05, 3.63) is 150 Å². The maximum atomic E-state index is 4.88. The third-order valence-electron chi connectivity index (χ3n) is 8.97. The summed E-state index contributed by atoms with van der Waals surface area (Å²) < 4.78 is 0. The van der Waals surface area contributed by atoms with Crippen LogP contribution in [-0.2, 0) is 36.4 Å². The average molecular weight is 806 g/mol. The van der Waals surface area contributed by atoms with Gasteiger partial charge in [-0.15, -0.1) is 64.7 Å². The molecule has 0 spiro atoms. The quantitative estimate of drug-likeness (QED) is 0.167. The van der Waals surface area contributed by atoms with Gasteiger partial charge in [0.2, 0.25) is 0 Å². The zero-order valence-electron chi connectivity index (χ0n) is 29.1. The maximum absolute atomic E-state index is 4.88. The minimum Gasteiger partial charge on any atom is -0.305 e. The third kappa shape index (κ3) is 7.11. The Balaban J connectivity index is 0.000000186. The van der Waals surface area contributed by atoms with Crippen LogP contribution in [0, 0.1) is 12.1 Å². The van der Waals surface area contributed by atoms with Gasteiger partial charge in [0.1, 0.15) is 0 Å². The molecule has 0 fully saturated rings. The fraction of sp³-hybridized carbons (Fsp3) is 0.250. The Kier molecular flexibility index (Phi) is 10.0. The molecule has 48 heavy (non-hydrogen) atoms. The topological polar surface area (TPSA) is 38.7 Å². The van der Waals surface area contributed by atoms with E-state index in [1.165, 1.54) is 38.9 Å². The number of nitrogens with zero attached hydrogens (tertiary/aromatic N) is 3. The van der Waals surface area contributed by atoms with E-state index >= 15 is 0 Å². The number of rotatable bonds is 3. The predicted molar refractivity (Wildman–Crippen MR) is 195 cm³/mol. The summed E-state index contributed by atoms with van der Waals surface area (Å²) in [6.45, 7) is 17.8. The first-order chi connectivity index (χ1) is 22.3. The van der Waals surface area contributed by atoms with Crippen LogP contribution >= 0.6 is 0 Å². The second-order valence-corrected chi connectivity index (χ2v) is 14.9. The van der Waals surface area contributed by atoms with Gasteiger partial charge >= 0.3 is 0 Å². The van der Waals surface area contributed by atoms with Crippen LogP contribution in [0.4, 0.5) is 0 Å². The van der Waals surface area contributed by atoms with E-state index in [0.29, 0.717) is 0 Å². The first-order valence-corrected chi connectivity index (χ1v) is 16.4. The molecule has 0 saturated carbocycles. The van der Waals surface area contributed by atoms with Gasteiger partial charge in [-0.25, -0.2) is 0 Å². The maximum Gasteiger partial charge on any atom is 0.0754 e. The molecule has 0 N–H and O–H groups in total. The summed E-state index contributed by atoms with van der Waals surface area (Å²) >= 11 is 0. The van der Waals surface area contributed by atoms with Gasteiger partial charge in [-0.05, 0) is 50.9 Å². The molecule has 3 nitrogen and oxygen atoms in total. The summed E-state index contributed by atoms with van der Waals surface area (Å²) in [6.07, 6.45) is 3.75. The molecule has 0 saturated heterocycles. The summed E-state index contributed by atoms with van der Waals surface area (Å²) in [5, 5.41) is 0. The number of pyridine rings is 1. The monoisotopic (exact) mass is 806 g/mol. The predicted octanol–water partition coefficient (Wildman–Crippen LogP) is 11.1. The van der Waals surface area contributed by atoms with Crippen molar-refractivity contribution in [2.75, 3.05) is 0 Å². The van der Waals surface area contributed by atoms with Crippen LogP contribution in [-0.4, -0.2) is 15.0 Å². The summed E-state index contributed by atoms with van der Waals surface area (Å²) in [7, 11) is 0. The number of aromatic nitrogens is 3. The molecule has 1 aliphatic rings. The molecule has 7 rings (SSSR count). The Bertz CT molecular complexity index is 2030. The van der Waals surface area contributed by atoms with Crippen molar-refractivity contribution in [3.63, 3.8) is 0 Å². The average Bonchev–Trinajstić information content (AvgIpc) is 3.31. The Hall–Kier alpha value is -4.24. The van der Waals surface area contributed by atoms with Crippen LogP contribution in [0.25, 0.3) is 44.9 Å². The van der Waals surface area contributed by atoms with Crippen molar-refractivity contribution in [2.24, 2.45) is 0 Å². The molecule has 4 heteroatoms. The van der Waals surface area contributed by atoms with Crippen LogP contribution in [0.15, 0.2) is 116 Å². The van der Waals surface area contributed by atoms with Crippen molar-refractivity contribution in [3.8, 4) is 44.9 Å². The van der Waals surface area contributed by atoms with Gasteiger partial charge < -0.3 is 4.98 Å². The van der Waals surface area contributed by atoms with Gasteiger partial charge in [-0.1, -0.05) is 122 Å². The van der Waals surface area contributed by atoms with Crippen molar-refractivity contribution < 1.29 is 20.1 Å². The minimum absolute atomic E-state index is 0. The first kappa shape index (κ1) is 35.1. The van der Waals surface area contributed by atoms with Crippen LogP contribution in [0.5, 0.6) is 0 Å². The molecule has 6 aromatic rings. The number of benzene rings is 4. The van der Waals surface area contributed by atoms with E-state index < -0.39 is 0 Å². The summed E-state index contributed by atoms with van der Waals surface area (Å²) in [5.74, 6) is 0.769. The van der Waals surface area contributed by atoms with Gasteiger partial charge in [0.15, 0.2) is 0 Å². The second kappa shape index (κ2) is 13.7. The third-order valence-corrected chi connectivity index (χ3v) is 8.97. The van der Waals surface area contributed by atoms with Crippen LogP contribution in [0.3, 0.4) is 0 Å². The largest absolute Gasteiger partial charge is 0.305 e. The molecule has 0 bridgehead atoms. The SMILES string of the molecule is CC(C)(C)c1ccnc(-c2[c-]ccc(-c3ccccc3)c2)c1.CC(C)(C)c1ccnc(-c2[c-]ccc3c2C(C)(C)c2ccccc2-3)n1.[Ir]. The van der Waals surface area contributed by atoms with Crippen molar-refractivity contribution in [1.82, 2.24) is 15.0 Å². The standard InChI is InChI=1S/C23H23N2.C21H20N.Ir/c1-22(2,3)19-13-14-24-21(25-19)17-11-8-10-16-15-9-6-7-12-18(15)23(4,5)20(16)17;1-21(2,3)19-12-13-22-20(15-19)18-11-7-10-17(14-18)16-8-5-4-6-9-16;/h6-10,12-14H,1-5H3;4-10,12-15H,1-3H3;/q2*-1;. The van der Waals surface area contributed by atoms with E-state index in [1.807, 2.05) is 36.7 Å². The van der Waals surface area contributed by atoms with Crippen molar-refractivity contribution in [1.29, 1.82) is 0 Å². The number of fused-ring (bicyclic) bond motifs is 3. The van der Waals surface area contributed by atoms with Gasteiger partial charge in [0, 0.05) is 43.6 Å². The van der Waals surface area contributed by atoms with E-state index in [1.54, 1.807) is 0 Å². The van der Waals surface area contributed by atoms with Crippen molar-refractivity contribution in [2.45, 2.75) is 71.6 Å². The molecule has 0 aliphatic heterocycles. The van der Waals surface area contributed by atoms with E-state index in [2.05, 4.69) is 156 Å². The van der Waals surface area contributed by atoms with Crippen LogP contribution in [0.1, 0.15) is 77.8 Å². The summed E-state index contributed by atoms with van der Waals surface area (Å²) in [5.41, 5.74) is 13.0. The zero-order valence-corrected chi connectivity index (χ0v) is 31.5. The molecular formula is C44H43IrN3-2. The molecule has 1 radical (unpaired) electrons.